The zero-order valence-corrected chi connectivity index (χ0v) is 12.6. The molecule has 21 heavy (non-hydrogen) atoms. The second-order valence-corrected chi connectivity index (χ2v) is 5.38. The lowest BCUT2D eigenvalue weighted by atomic mass is 10.2. The summed E-state index contributed by atoms with van der Waals surface area (Å²) < 4.78 is 2.20. The second kappa shape index (κ2) is 7.13. The molecule has 1 heterocycles. The average Bonchev–Trinajstić information content (AvgIpc) is 2.86. The quantitative estimate of drug-likeness (QED) is 0.800. The molecule has 1 aromatic heterocycles. The van der Waals surface area contributed by atoms with E-state index in [1.807, 2.05) is 12.1 Å². The molecule has 0 spiro atoms. The third-order valence-electron chi connectivity index (χ3n) is 3.42. The maximum atomic E-state index is 11.7. The fourth-order valence-corrected chi connectivity index (χ4v) is 2.39. The molecule has 0 saturated carbocycles. The van der Waals surface area contributed by atoms with Gasteiger partial charge in [-0.15, -0.1) is 0 Å². The van der Waals surface area contributed by atoms with Crippen LogP contribution in [-0.2, 0) is 6.54 Å². The number of likely N-dealkylation sites (N-methyl/N-ethyl adjacent to an activating group) is 1. The fraction of sp³-hybridized carbons (Fsp3) is 0.438. The Bertz CT molecular complexity index is 592. The van der Waals surface area contributed by atoms with Gasteiger partial charge < -0.3 is 19.9 Å². The molecule has 0 aliphatic rings. The number of rotatable bonds is 6. The first-order valence-corrected chi connectivity index (χ1v) is 7.29. The standard InChI is InChI=1S/C16H23N3O2/c1-13(20)12-18(2)16(21)17-9-5-10-19-11-8-14-6-3-4-7-15(14)19/h3-4,6-8,11,13,20H,5,9-10,12H2,1-2H3,(H,17,21). The summed E-state index contributed by atoms with van der Waals surface area (Å²) in [7, 11) is 1.68. The van der Waals surface area contributed by atoms with Gasteiger partial charge in [0, 0.05) is 38.4 Å². The highest BCUT2D eigenvalue weighted by Crippen LogP contribution is 2.15. The van der Waals surface area contributed by atoms with Gasteiger partial charge in [0.2, 0.25) is 0 Å². The van der Waals surface area contributed by atoms with Crippen LogP contribution in [0, 0.1) is 0 Å². The Labute approximate surface area is 125 Å². The summed E-state index contributed by atoms with van der Waals surface area (Å²) >= 11 is 0. The maximum Gasteiger partial charge on any atom is 0.317 e. The molecule has 5 nitrogen and oxygen atoms in total. The van der Waals surface area contributed by atoms with Crippen LogP contribution in [0.3, 0.4) is 0 Å². The van der Waals surface area contributed by atoms with Gasteiger partial charge in [0.25, 0.3) is 0 Å². The Morgan fingerprint density at radius 3 is 2.90 bits per heavy atom. The average molecular weight is 289 g/mol. The van der Waals surface area contributed by atoms with Crippen LogP contribution in [0.15, 0.2) is 36.5 Å². The highest BCUT2D eigenvalue weighted by atomic mass is 16.3. The summed E-state index contributed by atoms with van der Waals surface area (Å²) in [5, 5.41) is 13.3. The molecular formula is C16H23N3O2. The minimum Gasteiger partial charge on any atom is -0.392 e. The summed E-state index contributed by atoms with van der Waals surface area (Å²) in [5.41, 5.74) is 1.22. The summed E-state index contributed by atoms with van der Waals surface area (Å²) in [5.74, 6) is 0. The molecule has 2 amide bonds. The van der Waals surface area contributed by atoms with Crippen LogP contribution in [-0.4, -0.2) is 46.8 Å². The first-order valence-electron chi connectivity index (χ1n) is 7.29. The molecule has 2 N–H and O–H groups in total. The van der Waals surface area contributed by atoms with E-state index >= 15 is 0 Å². The Hall–Kier alpha value is -2.01. The topological polar surface area (TPSA) is 57.5 Å². The van der Waals surface area contributed by atoms with Crippen LogP contribution in [0.4, 0.5) is 4.79 Å². The number of carbonyl (C=O) groups excluding carboxylic acids is 1. The Kier molecular flexibility index (Phi) is 5.22. The van der Waals surface area contributed by atoms with Crippen molar-refractivity contribution >= 4 is 16.9 Å². The van der Waals surface area contributed by atoms with Gasteiger partial charge in [-0.25, -0.2) is 4.79 Å². The molecule has 2 rings (SSSR count). The number of aromatic nitrogens is 1. The van der Waals surface area contributed by atoms with Crippen LogP contribution in [0.2, 0.25) is 0 Å². The molecular weight excluding hydrogens is 266 g/mol. The molecule has 1 unspecified atom stereocenters. The van der Waals surface area contributed by atoms with E-state index in [4.69, 9.17) is 0 Å². The number of nitrogens with zero attached hydrogens (tertiary/aromatic N) is 2. The monoisotopic (exact) mass is 289 g/mol. The number of carbonyl (C=O) groups is 1. The van der Waals surface area contributed by atoms with Crippen LogP contribution < -0.4 is 5.32 Å². The largest absolute Gasteiger partial charge is 0.392 e. The van der Waals surface area contributed by atoms with E-state index in [0.29, 0.717) is 13.1 Å². The van der Waals surface area contributed by atoms with Crippen molar-refractivity contribution in [1.82, 2.24) is 14.8 Å². The van der Waals surface area contributed by atoms with Crippen molar-refractivity contribution in [2.24, 2.45) is 0 Å². The first-order chi connectivity index (χ1) is 10.1. The molecule has 0 aliphatic carbocycles. The maximum absolute atomic E-state index is 11.7. The van der Waals surface area contributed by atoms with Crippen LogP contribution >= 0.6 is 0 Å². The van der Waals surface area contributed by atoms with E-state index in [1.165, 1.54) is 15.8 Å². The van der Waals surface area contributed by atoms with E-state index in [1.54, 1.807) is 14.0 Å². The number of urea groups is 1. The van der Waals surface area contributed by atoms with Crippen molar-refractivity contribution in [2.45, 2.75) is 26.0 Å². The number of hydrogen-bond acceptors (Lipinski definition) is 2. The zero-order valence-electron chi connectivity index (χ0n) is 12.6. The minimum atomic E-state index is -0.507. The molecule has 114 valence electrons. The van der Waals surface area contributed by atoms with Gasteiger partial charge in [-0.3, -0.25) is 0 Å². The number of benzene rings is 1. The van der Waals surface area contributed by atoms with Gasteiger partial charge in [0.1, 0.15) is 0 Å². The van der Waals surface area contributed by atoms with E-state index in [9.17, 15) is 9.90 Å². The predicted molar refractivity (Wildman–Crippen MR) is 84.3 cm³/mol. The predicted octanol–water partition coefficient (Wildman–Crippen LogP) is 2.05. The van der Waals surface area contributed by atoms with Crippen molar-refractivity contribution in [3.8, 4) is 0 Å². The van der Waals surface area contributed by atoms with Gasteiger partial charge in [-0.1, -0.05) is 18.2 Å². The van der Waals surface area contributed by atoms with Crippen molar-refractivity contribution in [3.05, 3.63) is 36.5 Å². The highest BCUT2D eigenvalue weighted by molar-refractivity contribution is 5.79. The van der Waals surface area contributed by atoms with Crippen LogP contribution in [0.1, 0.15) is 13.3 Å². The molecule has 5 heteroatoms. The summed E-state index contributed by atoms with van der Waals surface area (Å²) in [6.45, 7) is 3.50. The number of aryl methyl sites for hydroxylation is 1. The van der Waals surface area contributed by atoms with Gasteiger partial charge in [-0.05, 0) is 30.9 Å². The van der Waals surface area contributed by atoms with Crippen LogP contribution in [0.25, 0.3) is 10.9 Å². The van der Waals surface area contributed by atoms with Gasteiger partial charge >= 0.3 is 6.03 Å². The molecule has 0 saturated heterocycles. The number of aliphatic hydroxyl groups excluding tert-OH is 1. The number of fused-ring (bicyclic) bond motifs is 1. The first kappa shape index (κ1) is 15.4. The lowest BCUT2D eigenvalue weighted by Crippen LogP contribution is -2.41. The highest BCUT2D eigenvalue weighted by Gasteiger charge is 2.09. The number of hydrogen-bond donors (Lipinski definition) is 2. The zero-order chi connectivity index (χ0) is 15.2. The second-order valence-electron chi connectivity index (χ2n) is 5.38. The van der Waals surface area contributed by atoms with E-state index in [2.05, 4.69) is 34.3 Å². The summed E-state index contributed by atoms with van der Waals surface area (Å²) in [6.07, 6.45) is 2.44. The number of nitrogens with one attached hydrogen (secondary N) is 1. The molecule has 0 bridgehead atoms. The summed E-state index contributed by atoms with van der Waals surface area (Å²) in [6, 6.07) is 10.2. The summed E-state index contributed by atoms with van der Waals surface area (Å²) in [4.78, 5) is 13.2. The van der Waals surface area contributed by atoms with Gasteiger partial charge in [0.05, 0.1) is 6.10 Å². The Morgan fingerprint density at radius 2 is 2.14 bits per heavy atom. The molecule has 1 aromatic carbocycles. The fourth-order valence-electron chi connectivity index (χ4n) is 2.39. The number of amides is 2. The van der Waals surface area contributed by atoms with Crippen LogP contribution in [0.5, 0.6) is 0 Å². The van der Waals surface area contributed by atoms with Crippen molar-refractivity contribution < 1.29 is 9.90 Å². The third-order valence-corrected chi connectivity index (χ3v) is 3.42. The SMILES string of the molecule is CC(O)CN(C)C(=O)NCCCn1ccc2ccccc21. The van der Waals surface area contributed by atoms with E-state index in [0.717, 1.165) is 13.0 Å². The smallest absolute Gasteiger partial charge is 0.317 e. The lowest BCUT2D eigenvalue weighted by Gasteiger charge is -2.19. The molecule has 2 aromatic rings. The lowest BCUT2D eigenvalue weighted by molar-refractivity contribution is 0.144. The number of para-hydroxylation sites is 1. The normalized spacial score (nSPS) is 12.3. The van der Waals surface area contributed by atoms with E-state index in [-0.39, 0.29) is 6.03 Å². The Balaban J connectivity index is 1.76. The minimum absolute atomic E-state index is 0.145. The van der Waals surface area contributed by atoms with E-state index < -0.39 is 6.10 Å². The molecule has 0 radical (unpaired) electrons. The molecule has 0 aliphatic heterocycles. The van der Waals surface area contributed by atoms with Gasteiger partial charge in [0.15, 0.2) is 0 Å². The van der Waals surface area contributed by atoms with Crippen molar-refractivity contribution in [1.29, 1.82) is 0 Å². The molecule has 1 atom stereocenters. The molecule has 0 fully saturated rings. The number of aliphatic hydroxyl groups is 1. The van der Waals surface area contributed by atoms with Crippen molar-refractivity contribution in [2.75, 3.05) is 20.1 Å². The van der Waals surface area contributed by atoms with Gasteiger partial charge in [-0.2, -0.15) is 0 Å². The van der Waals surface area contributed by atoms with Crippen molar-refractivity contribution in [3.63, 3.8) is 0 Å². The Morgan fingerprint density at radius 1 is 1.38 bits per heavy atom. The third kappa shape index (κ3) is 4.23.